The number of aromatic nitrogens is 3. The summed E-state index contributed by atoms with van der Waals surface area (Å²) in [5.74, 6) is 2.07. The van der Waals surface area contributed by atoms with Gasteiger partial charge in [-0.05, 0) is 26.0 Å². The van der Waals surface area contributed by atoms with Crippen LogP contribution in [0.5, 0.6) is 0 Å². The Morgan fingerprint density at radius 3 is 2.90 bits per heavy atom. The van der Waals surface area contributed by atoms with Gasteiger partial charge in [0.05, 0.1) is 6.26 Å². The van der Waals surface area contributed by atoms with E-state index in [4.69, 9.17) is 4.42 Å². The van der Waals surface area contributed by atoms with Crippen molar-refractivity contribution < 1.29 is 4.42 Å². The SMILES string of the molecule is CCCNC(Cc1ncnn1CC)c1ccoc1CC. The van der Waals surface area contributed by atoms with Crippen LogP contribution in [0.25, 0.3) is 0 Å². The summed E-state index contributed by atoms with van der Waals surface area (Å²) >= 11 is 0. The van der Waals surface area contributed by atoms with Crippen molar-refractivity contribution in [1.82, 2.24) is 20.1 Å². The van der Waals surface area contributed by atoms with Crippen molar-refractivity contribution >= 4 is 0 Å². The van der Waals surface area contributed by atoms with Crippen LogP contribution in [0.15, 0.2) is 23.1 Å². The van der Waals surface area contributed by atoms with Crippen LogP contribution in [0.4, 0.5) is 0 Å². The molecule has 2 aromatic rings. The second kappa shape index (κ2) is 7.24. The molecule has 110 valence electrons. The smallest absolute Gasteiger partial charge is 0.138 e. The third-order valence-corrected chi connectivity index (χ3v) is 3.50. The minimum atomic E-state index is 0.234. The first-order valence-corrected chi connectivity index (χ1v) is 7.46. The molecular formula is C15H24N4O. The van der Waals surface area contributed by atoms with Crippen LogP contribution in [0.1, 0.15) is 50.4 Å². The van der Waals surface area contributed by atoms with Crippen molar-refractivity contribution in [3.63, 3.8) is 0 Å². The van der Waals surface area contributed by atoms with E-state index in [1.54, 1.807) is 12.6 Å². The summed E-state index contributed by atoms with van der Waals surface area (Å²) in [5.41, 5.74) is 1.24. The van der Waals surface area contributed by atoms with E-state index in [9.17, 15) is 0 Å². The van der Waals surface area contributed by atoms with E-state index in [1.807, 2.05) is 4.68 Å². The largest absolute Gasteiger partial charge is 0.469 e. The van der Waals surface area contributed by atoms with E-state index in [-0.39, 0.29) is 6.04 Å². The Kier molecular flexibility index (Phi) is 5.35. The Bertz CT molecular complexity index is 517. The van der Waals surface area contributed by atoms with Crippen molar-refractivity contribution in [3.8, 4) is 0 Å². The quantitative estimate of drug-likeness (QED) is 0.805. The Labute approximate surface area is 120 Å². The zero-order chi connectivity index (χ0) is 14.4. The number of nitrogens with one attached hydrogen (secondary N) is 1. The minimum Gasteiger partial charge on any atom is -0.469 e. The van der Waals surface area contributed by atoms with Crippen LogP contribution in [-0.4, -0.2) is 21.3 Å². The van der Waals surface area contributed by atoms with Crippen LogP contribution in [0.3, 0.4) is 0 Å². The third kappa shape index (κ3) is 3.28. The summed E-state index contributed by atoms with van der Waals surface area (Å²) in [7, 11) is 0. The maximum Gasteiger partial charge on any atom is 0.138 e. The van der Waals surface area contributed by atoms with E-state index in [0.29, 0.717) is 0 Å². The number of hydrogen-bond acceptors (Lipinski definition) is 4. The highest BCUT2D eigenvalue weighted by Gasteiger charge is 2.19. The molecule has 0 saturated carbocycles. The zero-order valence-electron chi connectivity index (χ0n) is 12.6. The maximum absolute atomic E-state index is 5.57. The Morgan fingerprint density at radius 1 is 1.35 bits per heavy atom. The van der Waals surface area contributed by atoms with Crippen molar-refractivity contribution in [2.24, 2.45) is 0 Å². The molecule has 5 nitrogen and oxygen atoms in total. The van der Waals surface area contributed by atoms with Gasteiger partial charge >= 0.3 is 0 Å². The van der Waals surface area contributed by atoms with Gasteiger partial charge in [0.15, 0.2) is 0 Å². The van der Waals surface area contributed by atoms with Gasteiger partial charge in [-0.15, -0.1) is 0 Å². The fourth-order valence-electron chi connectivity index (χ4n) is 2.45. The molecular weight excluding hydrogens is 252 g/mol. The van der Waals surface area contributed by atoms with Crippen molar-refractivity contribution in [1.29, 1.82) is 0 Å². The Hall–Kier alpha value is -1.62. The third-order valence-electron chi connectivity index (χ3n) is 3.50. The predicted molar refractivity (Wildman–Crippen MR) is 78.5 cm³/mol. The van der Waals surface area contributed by atoms with E-state index < -0.39 is 0 Å². The number of nitrogens with zero attached hydrogens (tertiary/aromatic N) is 3. The molecule has 1 N–H and O–H groups in total. The summed E-state index contributed by atoms with van der Waals surface area (Å²) in [6, 6.07) is 2.30. The van der Waals surface area contributed by atoms with Gasteiger partial charge < -0.3 is 9.73 Å². The van der Waals surface area contributed by atoms with E-state index >= 15 is 0 Å². The standard InChI is InChI=1S/C15H24N4O/c1-4-8-16-13(12-7-9-20-14(12)5-2)10-15-17-11-18-19(15)6-3/h7,9,11,13,16H,4-6,8,10H2,1-3H3. The van der Waals surface area contributed by atoms with Crippen LogP contribution >= 0.6 is 0 Å². The van der Waals surface area contributed by atoms with Crippen LogP contribution in [-0.2, 0) is 19.4 Å². The van der Waals surface area contributed by atoms with E-state index in [2.05, 4.69) is 42.2 Å². The molecule has 2 heterocycles. The second-order valence-corrected chi connectivity index (χ2v) is 4.86. The molecule has 0 saturated heterocycles. The fourth-order valence-corrected chi connectivity index (χ4v) is 2.45. The highest BCUT2D eigenvalue weighted by atomic mass is 16.3. The first-order chi connectivity index (χ1) is 9.80. The molecule has 0 fully saturated rings. The topological polar surface area (TPSA) is 55.9 Å². The molecule has 2 rings (SSSR count). The highest BCUT2D eigenvalue weighted by molar-refractivity contribution is 5.22. The first-order valence-electron chi connectivity index (χ1n) is 7.46. The molecule has 20 heavy (non-hydrogen) atoms. The number of aryl methyl sites for hydroxylation is 2. The molecule has 1 atom stereocenters. The van der Waals surface area contributed by atoms with E-state index in [1.165, 1.54) is 5.56 Å². The number of rotatable bonds is 8. The fraction of sp³-hybridized carbons (Fsp3) is 0.600. The van der Waals surface area contributed by atoms with Crippen molar-refractivity contribution in [2.75, 3.05) is 6.54 Å². The molecule has 0 amide bonds. The van der Waals surface area contributed by atoms with Gasteiger partial charge in [0.1, 0.15) is 17.9 Å². The van der Waals surface area contributed by atoms with Gasteiger partial charge in [-0.2, -0.15) is 5.10 Å². The van der Waals surface area contributed by atoms with E-state index in [0.717, 1.165) is 43.9 Å². The lowest BCUT2D eigenvalue weighted by Crippen LogP contribution is -2.26. The van der Waals surface area contributed by atoms with Gasteiger partial charge in [-0.25, -0.2) is 4.98 Å². The van der Waals surface area contributed by atoms with Crippen LogP contribution in [0.2, 0.25) is 0 Å². The monoisotopic (exact) mass is 276 g/mol. The maximum atomic E-state index is 5.57. The summed E-state index contributed by atoms with van der Waals surface area (Å²) < 4.78 is 7.52. The van der Waals surface area contributed by atoms with Crippen LogP contribution in [0, 0.1) is 0 Å². The molecule has 2 aromatic heterocycles. The highest BCUT2D eigenvalue weighted by Crippen LogP contribution is 2.23. The Balaban J connectivity index is 2.19. The van der Waals surface area contributed by atoms with Gasteiger partial charge in [0.2, 0.25) is 0 Å². The van der Waals surface area contributed by atoms with Gasteiger partial charge in [0.25, 0.3) is 0 Å². The number of hydrogen-bond donors (Lipinski definition) is 1. The van der Waals surface area contributed by atoms with Crippen molar-refractivity contribution in [3.05, 3.63) is 35.8 Å². The van der Waals surface area contributed by atoms with Crippen LogP contribution < -0.4 is 5.32 Å². The summed E-state index contributed by atoms with van der Waals surface area (Å²) in [6.07, 6.45) is 6.26. The number of furan rings is 1. The minimum absolute atomic E-state index is 0.234. The molecule has 0 aliphatic heterocycles. The molecule has 0 aliphatic rings. The van der Waals surface area contributed by atoms with Gasteiger partial charge in [-0.1, -0.05) is 13.8 Å². The van der Waals surface area contributed by atoms with Crippen molar-refractivity contribution in [2.45, 2.75) is 52.6 Å². The predicted octanol–water partition coefficient (Wildman–Crippen LogP) is 2.74. The molecule has 0 bridgehead atoms. The van der Waals surface area contributed by atoms with Gasteiger partial charge in [-0.3, -0.25) is 4.68 Å². The molecule has 0 spiro atoms. The second-order valence-electron chi connectivity index (χ2n) is 4.86. The molecule has 1 unspecified atom stereocenters. The average molecular weight is 276 g/mol. The molecule has 5 heteroatoms. The summed E-state index contributed by atoms with van der Waals surface area (Å²) in [5, 5.41) is 7.84. The summed E-state index contributed by atoms with van der Waals surface area (Å²) in [6.45, 7) is 8.21. The van der Waals surface area contributed by atoms with Gasteiger partial charge in [0, 0.05) is 31.0 Å². The lowest BCUT2D eigenvalue weighted by molar-refractivity contribution is 0.468. The average Bonchev–Trinajstić information content (AvgIpc) is 3.11. The Morgan fingerprint density at radius 2 is 2.20 bits per heavy atom. The lowest BCUT2D eigenvalue weighted by Gasteiger charge is -2.18. The normalized spacial score (nSPS) is 12.8. The first kappa shape index (κ1) is 14.8. The molecule has 0 aromatic carbocycles. The lowest BCUT2D eigenvalue weighted by atomic mass is 10.0. The zero-order valence-corrected chi connectivity index (χ0v) is 12.6. The molecule has 0 radical (unpaired) electrons. The summed E-state index contributed by atoms with van der Waals surface area (Å²) in [4.78, 5) is 4.38. The molecule has 0 aliphatic carbocycles.